The summed E-state index contributed by atoms with van der Waals surface area (Å²) in [6.45, 7) is 3.76. The lowest BCUT2D eigenvalue weighted by molar-refractivity contribution is -0.131. The summed E-state index contributed by atoms with van der Waals surface area (Å²) in [5.74, 6) is -0.0148. The van der Waals surface area contributed by atoms with Crippen LogP contribution < -0.4 is 0 Å². The molecule has 1 unspecified atom stereocenters. The predicted octanol–water partition coefficient (Wildman–Crippen LogP) is 3.64. The van der Waals surface area contributed by atoms with E-state index in [2.05, 4.69) is 11.1 Å². The molecule has 1 saturated heterocycles. The molecule has 3 heterocycles. The highest BCUT2D eigenvalue weighted by molar-refractivity contribution is 6.02. The number of likely N-dealkylation sites (tertiary alicyclic amines) is 1. The van der Waals surface area contributed by atoms with Gasteiger partial charge in [0.25, 0.3) is 5.91 Å². The SMILES string of the molecule is Cc1[nH]c2ccccc2c1C1c2ccccc2C(=O)N1CC(=O)N1CCCC1. The van der Waals surface area contributed by atoms with Crippen LogP contribution in [0.5, 0.6) is 0 Å². The maximum Gasteiger partial charge on any atom is 0.255 e. The number of hydrogen-bond acceptors (Lipinski definition) is 2. The first-order valence-corrected chi connectivity index (χ1v) is 9.90. The molecule has 1 N–H and O–H groups in total. The number of para-hydroxylation sites is 1. The first-order valence-electron chi connectivity index (χ1n) is 9.90. The van der Waals surface area contributed by atoms with Crippen molar-refractivity contribution in [1.29, 1.82) is 0 Å². The van der Waals surface area contributed by atoms with Crippen LogP contribution in [-0.4, -0.2) is 46.2 Å². The Morgan fingerprint density at radius 2 is 1.79 bits per heavy atom. The van der Waals surface area contributed by atoms with E-state index in [1.807, 2.05) is 54.3 Å². The average molecular weight is 373 g/mol. The Bertz CT molecular complexity index is 1080. The summed E-state index contributed by atoms with van der Waals surface area (Å²) in [4.78, 5) is 33.2. The molecule has 142 valence electrons. The third-order valence-electron chi connectivity index (χ3n) is 6.04. The van der Waals surface area contributed by atoms with Gasteiger partial charge in [-0.1, -0.05) is 36.4 Å². The van der Waals surface area contributed by atoms with Crippen LogP contribution in [0.3, 0.4) is 0 Å². The van der Waals surface area contributed by atoms with E-state index in [0.717, 1.165) is 53.7 Å². The molecule has 0 radical (unpaired) electrons. The lowest BCUT2D eigenvalue weighted by Crippen LogP contribution is -2.41. The van der Waals surface area contributed by atoms with Gasteiger partial charge in [-0.2, -0.15) is 0 Å². The highest BCUT2D eigenvalue weighted by Gasteiger charge is 2.40. The van der Waals surface area contributed by atoms with E-state index in [1.165, 1.54) is 0 Å². The Labute approximate surface area is 163 Å². The minimum Gasteiger partial charge on any atom is -0.358 e. The van der Waals surface area contributed by atoms with Gasteiger partial charge in [0, 0.05) is 40.8 Å². The molecule has 28 heavy (non-hydrogen) atoms. The van der Waals surface area contributed by atoms with Crippen LogP contribution >= 0.6 is 0 Å². The number of aromatic amines is 1. The number of aromatic nitrogens is 1. The second-order valence-electron chi connectivity index (χ2n) is 7.72. The molecule has 3 aromatic rings. The smallest absolute Gasteiger partial charge is 0.255 e. The Morgan fingerprint density at radius 1 is 1.07 bits per heavy atom. The zero-order valence-corrected chi connectivity index (χ0v) is 15.9. The van der Waals surface area contributed by atoms with Gasteiger partial charge in [-0.15, -0.1) is 0 Å². The second kappa shape index (κ2) is 6.51. The van der Waals surface area contributed by atoms with Gasteiger partial charge >= 0.3 is 0 Å². The van der Waals surface area contributed by atoms with Crippen LogP contribution in [0.15, 0.2) is 48.5 Å². The van der Waals surface area contributed by atoms with Crippen LogP contribution in [0.25, 0.3) is 10.9 Å². The largest absolute Gasteiger partial charge is 0.358 e. The van der Waals surface area contributed by atoms with Crippen molar-refractivity contribution in [1.82, 2.24) is 14.8 Å². The summed E-state index contributed by atoms with van der Waals surface area (Å²) >= 11 is 0. The highest BCUT2D eigenvalue weighted by atomic mass is 16.2. The van der Waals surface area contributed by atoms with Gasteiger partial charge in [0.2, 0.25) is 5.91 Å². The van der Waals surface area contributed by atoms with Crippen molar-refractivity contribution in [2.45, 2.75) is 25.8 Å². The van der Waals surface area contributed by atoms with Crippen molar-refractivity contribution in [3.05, 3.63) is 70.9 Å². The number of nitrogens with zero attached hydrogens (tertiary/aromatic N) is 2. The molecule has 2 amide bonds. The van der Waals surface area contributed by atoms with Crippen LogP contribution in [0, 0.1) is 6.92 Å². The monoisotopic (exact) mass is 373 g/mol. The molecule has 0 aliphatic carbocycles. The molecular weight excluding hydrogens is 350 g/mol. The number of nitrogens with one attached hydrogen (secondary N) is 1. The summed E-state index contributed by atoms with van der Waals surface area (Å²) < 4.78 is 0. The first-order chi connectivity index (χ1) is 13.6. The predicted molar refractivity (Wildman–Crippen MR) is 108 cm³/mol. The molecule has 5 heteroatoms. The fourth-order valence-corrected chi connectivity index (χ4v) is 4.71. The van der Waals surface area contributed by atoms with Gasteiger partial charge in [0.05, 0.1) is 6.04 Å². The summed E-state index contributed by atoms with van der Waals surface area (Å²) in [6, 6.07) is 15.7. The summed E-state index contributed by atoms with van der Waals surface area (Å²) in [5.41, 5.74) is 4.86. The van der Waals surface area contributed by atoms with Crippen molar-refractivity contribution in [2.24, 2.45) is 0 Å². The van der Waals surface area contributed by atoms with Gasteiger partial charge in [0.15, 0.2) is 0 Å². The number of carbonyl (C=O) groups is 2. The van der Waals surface area contributed by atoms with E-state index in [4.69, 9.17) is 0 Å². The minimum atomic E-state index is -0.244. The molecule has 0 spiro atoms. The van der Waals surface area contributed by atoms with Crippen molar-refractivity contribution in [3.8, 4) is 0 Å². The number of rotatable bonds is 3. The number of aryl methyl sites for hydroxylation is 1. The van der Waals surface area contributed by atoms with E-state index >= 15 is 0 Å². The topological polar surface area (TPSA) is 56.4 Å². The number of fused-ring (bicyclic) bond motifs is 2. The van der Waals surface area contributed by atoms with Crippen LogP contribution in [0.4, 0.5) is 0 Å². The Kier molecular flexibility index (Phi) is 3.97. The molecule has 1 fully saturated rings. The zero-order chi connectivity index (χ0) is 19.3. The van der Waals surface area contributed by atoms with E-state index in [9.17, 15) is 9.59 Å². The minimum absolute atomic E-state index is 0.0427. The highest BCUT2D eigenvalue weighted by Crippen LogP contribution is 2.42. The standard InChI is InChI=1S/C23H23N3O2/c1-15-21(18-10-4-5-11-19(18)24-15)22-16-8-2-3-9-17(16)23(28)26(22)14-20(27)25-12-6-7-13-25/h2-5,8-11,22,24H,6-7,12-14H2,1H3. The fourth-order valence-electron chi connectivity index (χ4n) is 4.71. The number of amides is 2. The number of hydrogen-bond donors (Lipinski definition) is 1. The normalized spacial score (nSPS) is 18.9. The Balaban J connectivity index is 1.62. The van der Waals surface area contributed by atoms with Crippen molar-refractivity contribution >= 4 is 22.7 Å². The summed E-state index contributed by atoms with van der Waals surface area (Å²) in [5, 5.41) is 1.10. The second-order valence-corrected chi connectivity index (χ2v) is 7.72. The third kappa shape index (κ3) is 2.53. The van der Waals surface area contributed by atoms with Gasteiger partial charge in [-0.05, 0) is 37.5 Å². The van der Waals surface area contributed by atoms with Crippen LogP contribution in [0.1, 0.15) is 46.1 Å². The third-order valence-corrected chi connectivity index (χ3v) is 6.04. The Morgan fingerprint density at radius 3 is 2.61 bits per heavy atom. The maximum absolute atomic E-state index is 13.2. The lowest BCUT2D eigenvalue weighted by atomic mass is 9.95. The maximum atomic E-state index is 13.2. The molecule has 0 saturated carbocycles. The molecule has 5 rings (SSSR count). The van der Waals surface area contributed by atoms with Crippen LogP contribution in [-0.2, 0) is 4.79 Å². The first kappa shape index (κ1) is 17.0. The Hall–Kier alpha value is -3.08. The molecule has 2 aromatic carbocycles. The quantitative estimate of drug-likeness (QED) is 0.762. The molecule has 1 aromatic heterocycles. The average Bonchev–Trinajstić information content (AvgIpc) is 3.40. The van der Waals surface area contributed by atoms with E-state index in [-0.39, 0.29) is 24.4 Å². The molecule has 1 atom stereocenters. The number of benzene rings is 2. The van der Waals surface area contributed by atoms with Gasteiger partial charge < -0.3 is 14.8 Å². The lowest BCUT2D eigenvalue weighted by Gasteiger charge is -2.27. The molecule has 2 aliphatic heterocycles. The van der Waals surface area contributed by atoms with Crippen molar-refractivity contribution < 1.29 is 9.59 Å². The fraction of sp³-hybridized carbons (Fsp3) is 0.304. The molecule has 5 nitrogen and oxygen atoms in total. The number of carbonyl (C=O) groups excluding carboxylic acids is 2. The molecular formula is C23H23N3O2. The van der Waals surface area contributed by atoms with Crippen molar-refractivity contribution in [2.75, 3.05) is 19.6 Å². The summed E-state index contributed by atoms with van der Waals surface area (Å²) in [7, 11) is 0. The van der Waals surface area contributed by atoms with E-state index in [1.54, 1.807) is 4.90 Å². The molecule has 2 aliphatic rings. The van der Waals surface area contributed by atoms with Crippen LogP contribution in [0.2, 0.25) is 0 Å². The van der Waals surface area contributed by atoms with E-state index in [0.29, 0.717) is 5.56 Å². The van der Waals surface area contributed by atoms with Crippen molar-refractivity contribution in [3.63, 3.8) is 0 Å². The summed E-state index contributed by atoms with van der Waals surface area (Å²) in [6.07, 6.45) is 2.09. The van der Waals surface area contributed by atoms with E-state index < -0.39 is 0 Å². The van der Waals surface area contributed by atoms with Gasteiger partial charge in [0.1, 0.15) is 6.54 Å². The zero-order valence-electron chi connectivity index (χ0n) is 15.9. The van der Waals surface area contributed by atoms with Gasteiger partial charge in [-0.3, -0.25) is 9.59 Å². The molecule has 0 bridgehead atoms. The van der Waals surface area contributed by atoms with Gasteiger partial charge in [-0.25, -0.2) is 0 Å². The number of H-pyrrole nitrogens is 1.